The lowest BCUT2D eigenvalue weighted by molar-refractivity contribution is 0.0944. The molecular weight excluding hydrogens is 304 g/mol. The zero-order chi connectivity index (χ0) is 16.5. The third-order valence-corrected chi connectivity index (χ3v) is 3.31. The van der Waals surface area contributed by atoms with Crippen molar-refractivity contribution < 1.29 is 14.3 Å². The van der Waals surface area contributed by atoms with E-state index in [0.717, 1.165) is 6.42 Å². The van der Waals surface area contributed by atoms with Gasteiger partial charge in [0.2, 0.25) is 0 Å². The molecule has 1 rings (SSSR count). The first-order valence-corrected chi connectivity index (χ1v) is 7.77. The number of hydrogen-bond acceptors (Lipinski definition) is 3. The number of hydrogen-bond donors (Lipinski definition) is 2. The van der Waals surface area contributed by atoms with Gasteiger partial charge in [-0.2, -0.15) is 0 Å². The molecular formula is C16H23ClN2O3. The first kappa shape index (κ1) is 18.3. The van der Waals surface area contributed by atoms with Crippen LogP contribution < -0.4 is 10.6 Å². The average Bonchev–Trinajstić information content (AvgIpc) is 2.44. The maximum atomic E-state index is 12.1. The van der Waals surface area contributed by atoms with Gasteiger partial charge in [-0.15, -0.1) is 0 Å². The maximum Gasteiger partial charge on any atom is 0.407 e. The Morgan fingerprint density at radius 2 is 1.95 bits per heavy atom. The highest BCUT2D eigenvalue weighted by atomic mass is 35.5. The third-order valence-electron chi connectivity index (χ3n) is 2.98. The normalized spacial score (nSPS) is 11.9. The van der Waals surface area contributed by atoms with Gasteiger partial charge in [-0.05, 0) is 31.4 Å². The number of alkyl carbamates (subject to hydrolysis) is 1. The molecule has 1 aromatic carbocycles. The highest BCUT2D eigenvalue weighted by Gasteiger charge is 2.17. The van der Waals surface area contributed by atoms with Crippen LogP contribution in [0.15, 0.2) is 24.3 Å². The summed E-state index contributed by atoms with van der Waals surface area (Å²) in [5.74, 6) is 0.120. The van der Waals surface area contributed by atoms with Crippen molar-refractivity contribution in [2.75, 3.05) is 13.2 Å². The van der Waals surface area contributed by atoms with Crippen LogP contribution in [0.2, 0.25) is 5.02 Å². The number of rotatable bonds is 7. The molecule has 0 saturated heterocycles. The number of nitrogens with one attached hydrogen (secondary N) is 2. The van der Waals surface area contributed by atoms with Crippen LogP contribution in [0.3, 0.4) is 0 Å². The molecule has 2 amide bonds. The van der Waals surface area contributed by atoms with Crippen LogP contribution in [-0.4, -0.2) is 31.2 Å². The minimum atomic E-state index is -0.472. The number of halogens is 1. The quantitative estimate of drug-likeness (QED) is 0.808. The fourth-order valence-electron chi connectivity index (χ4n) is 2.06. The Morgan fingerprint density at radius 1 is 1.27 bits per heavy atom. The largest absolute Gasteiger partial charge is 0.450 e. The Bertz CT molecular complexity index is 506. The van der Waals surface area contributed by atoms with E-state index in [9.17, 15) is 9.59 Å². The molecule has 22 heavy (non-hydrogen) atoms. The smallest absolute Gasteiger partial charge is 0.407 e. The van der Waals surface area contributed by atoms with E-state index in [2.05, 4.69) is 24.5 Å². The van der Waals surface area contributed by atoms with Gasteiger partial charge in [-0.25, -0.2) is 4.79 Å². The van der Waals surface area contributed by atoms with Crippen LogP contribution in [0.1, 0.15) is 37.6 Å². The van der Waals surface area contributed by atoms with E-state index in [1.165, 1.54) is 0 Å². The van der Waals surface area contributed by atoms with E-state index in [1.54, 1.807) is 31.2 Å². The maximum absolute atomic E-state index is 12.1. The second kappa shape index (κ2) is 9.30. The summed E-state index contributed by atoms with van der Waals surface area (Å²) in [5.41, 5.74) is 0.420. The standard InChI is InChI=1S/C16H23ClN2O3/c1-4-22-16(21)19-12(9-11(2)3)10-18-15(20)13-7-5-6-8-14(13)17/h5-8,11-12H,4,9-10H2,1-3H3,(H,18,20)(H,19,21)/t12-/m1/s1. The van der Waals surface area contributed by atoms with Gasteiger partial charge in [0.1, 0.15) is 0 Å². The molecule has 6 heteroatoms. The molecule has 0 aliphatic rings. The molecule has 0 aliphatic heterocycles. The summed E-state index contributed by atoms with van der Waals surface area (Å²) in [4.78, 5) is 23.7. The summed E-state index contributed by atoms with van der Waals surface area (Å²) in [6, 6.07) is 6.66. The molecule has 1 atom stereocenters. The average molecular weight is 327 g/mol. The molecule has 0 unspecified atom stereocenters. The second-order valence-corrected chi connectivity index (χ2v) is 5.79. The molecule has 0 radical (unpaired) electrons. The lowest BCUT2D eigenvalue weighted by Gasteiger charge is -2.21. The molecule has 2 N–H and O–H groups in total. The van der Waals surface area contributed by atoms with Gasteiger partial charge < -0.3 is 15.4 Å². The monoisotopic (exact) mass is 326 g/mol. The third kappa shape index (κ3) is 6.35. The van der Waals surface area contributed by atoms with E-state index in [1.807, 2.05) is 0 Å². The van der Waals surface area contributed by atoms with Gasteiger partial charge in [0.25, 0.3) is 5.91 Å². The van der Waals surface area contributed by atoms with Crippen LogP contribution in [0.25, 0.3) is 0 Å². The Labute approximate surface area is 136 Å². The summed E-state index contributed by atoms with van der Waals surface area (Å²) in [5, 5.41) is 5.96. The zero-order valence-electron chi connectivity index (χ0n) is 13.2. The van der Waals surface area contributed by atoms with Crippen LogP contribution in [-0.2, 0) is 4.74 Å². The van der Waals surface area contributed by atoms with Gasteiger partial charge >= 0.3 is 6.09 Å². The van der Waals surface area contributed by atoms with Crippen molar-refractivity contribution in [2.24, 2.45) is 5.92 Å². The van der Waals surface area contributed by atoms with Crippen molar-refractivity contribution in [2.45, 2.75) is 33.2 Å². The van der Waals surface area contributed by atoms with Crippen molar-refractivity contribution in [3.05, 3.63) is 34.9 Å². The lowest BCUT2D eigenvalue weighted by atomic mass is 10.0. The summed E-state index contributed by atoms with van der Waals surface area (Å²) in [7, 11) is 0. The number of carbonyl (C=O) groups excluding carboxylic acids is 2. The first-order chi connectivity index (χ1) is 10.4. The van der Waals surface area contributed by atoms with Gasteiger partial charge in [0.15, 0.2) is 0 Å². The number of carbonyl (C=O) groups is 2. The topological polar surface area (TPSA) is 67.4 Å². The lowest BCUT2D eigenvalue weighted by Crippen LogP contribution is -2.44. The fraction of sp³-hybridized carbons (Fsp3) is 0.500. The van der Waals surface area contributed by atoms with Crippen molar-refractivity contribution in [1.82, 2.24) is 10.6 Å². The van der Waals surface area contributed by atoms with E-state index >= 15 is 0 Å². The molecule has 5 nitrogen and oxygen atoms in total. The number of benzene rings is 1. The van der Waals surface area contributed by atoms with Crippen LogP contribution in [0.4, 0.5) is 4.79 Å². The second-order valence-electron chi connectivity index (χ2n) is 5.38. The molecule has 0 bridgehead atoms. The van der Waals surface area contributed by atoms with Crippen LogP contribution >= 0.6 is 11.6 Å². The minimum Gasteiger partial charge on any atom is -0.450 e. The summed E-state index contributed by atoms with van der Waals surface area (Å²) in [6.45, 7) is 6.48. The Hall–Kier alpha value is -1.75. The molecule has 0 heterocycles. The Kier molecular flexibility index (Phi) is 7.74. The summed E-state index contributed by atoms with van der Waals surface area (Å²) in [6.07, 6.45) is 0.266. The van der Waals surface area contributed by atoms with Crippen molar-refractivity contribution in [3.63, 3.8) is 0 Å². The van der Waals surface area contributed by atoms with E-state index in [0.29, 0.717) is 29.7 Å². The van der Waals surface area contributed by atoms with Crippen LogP contribution in [0.5, 0.6) is 0 Å². The summed E-state index contributed by atoms with van der Waals surface area (Å²) < 4.78 is 4.88. The molecule has 0 fully saturated rings. The predicted molar refractivity (Wildman–Crippen MR) is 87.2 cm³/mol. The number of ether oxygens (including phenoxy) is 1. The van der Waals surface area contributed by atoms with E-state index < -0.39 is 6.09 Å². The predicted octanol–water partition coefficient (Wildman–Crippen LogP) is 3.23. The molecule has 1 aromatic rings. The Morgan fingerprint density at radius 3 is 2.55 bits per heavy atom. The molecule has 0 aliphatic carbocycles. The molecule has 0 aromatic heterocycles. The van der Waals surface area contributed by atoms with E-state index in [4.69, 9.17) is 16.3 Å². The minimum absolute atomic E-state index is 0.189. The molecule has 122 valence electrons. The van der Waals surface area contributed by atoms with Crippen molar-refractivity contribution in [1.29, 1.82) is 0 Å². The highest BCUT2D eigenvalue weighted by molar-refractivity contribution is 6.33. The Balaban J connectivity index is 2.60. The molecule has 0 spiro atoms. The van der Waals surface area contributed by atoms with Crippen LogP contribution in [0, 0.1) is 5.92 Å². The van der Waals surface area contributed by atoms with Gasteiger partial charge in [-0.1, -0.05) is 37.6 Å². The van der Waals surface area contributed by atoms with Crippen molar-refractivity contribution in [3.8, 4) is 0 Å². The SMILES string of the molecule is CCOC(=O)N[C@@H](CNC(=O)c1ccccc1Cl)CC(C)C. The number of amides is 2. The summed E-state index contributed by atoms with van der Waals surface area (Å²) >= 11 is 5.99. The van der Waals surface area contributed by atoms with Crippen molar-refractivity contribution >= 4 is 23.6 Å². The fourth-order valence-corrected chi connectivity index (χ4v) is 2.28. The van der Waals surface area contributed by atoms with E-state index in [-0.39, 0.29) is 11.9 Å². The highest BCUT2D eigenvalue weighted by Crippen LogP contribution is 2.14. The van der Waals surface area contributed by atoms with Gasteiger partial charge in [-0.3, -0.25) is 4.79 Å². The molecule has 0 saturated carbocycles. The first-order valence-electron chi connectivity index (χ1n) is 7.40. The van der Waals surface area contributed by atoms with Gasteiger partial charge in [0, 0.05) is 12.6 Å². The zero-order valence-corrected chi connectivity index (χ0v) is 13.9. The van der Waals surface area contributed by atoms with Gasteiger partial charge in [0.05, 0.1) is 17.2 Å².